The van der Waals surface area contributed by atoms with Crippen molar-refractivity contribution in [3.8, 4) is 6.07 Å². The van der Waals surface area contributed by atoms with Crippen LogP contribution in [0, 0.1) is 17.9 Å². The van der Waals surface area contributed by atoms with Crippen LogP contribution in [0.5, 0.6) is 0 Å². The molecular weight excluding hydrogens is 294 g/mol. The molecule has 1 aromatic rings. The van der Waals surface area contributed by atoms with Crippen molar-refractivity contribution in [2.75, 3.05) is 18.0 Å². The minimum Gasteiger partial charge on any atom is -0.443 e. The van der Waals surface area contributed by atoms with Gasteiger partial charge in [0.2, 0.25) is 5.69 Å². The van der Waals surface area contributed by atoms with Crippen molar-refractivity contribution in [2.45, 2.75) is 19.4 Å². The molecule has 1 amide bonds. The Kier molecular flexibility index (Phi) is 4.15. The molecule has 2 rings (SSSR count). The van der Waals surface area contributed by atoms with Gasteiger partial charge in [-0.1, -0.05) is 18.5 Å². The summed E-state index contributed by atoms with van der Waals surface area (Å²) in [6, 6.07) is 1.98. The second kappa shape index (κ2) is 5.86. The maximum Gasteiger partial charge on any atom is 0.404 e. The van der Waals surface area contributed by atoms with E-state index in [1.54, 1.807) is 4.90 Å². The van der Waals surface area contributed by atoms with Gasteiger partial charge in [0.1, 0.15) is 23.1 Å². The molecule has 0 unspecified atom stereocenters. The molecule has 1 aromatic heterocycles. The smallest absolute Gasteiger partial charge is 0.404 e. The van der Waals surface area contributed by atoms with E-state index >= 15 is 0 Å². The fourth-order valence-corrected chi connectivity index (χ4v) is 2.46. The minimum atomic E-state index is -0.829. The molecule has 8 heteroatoms. The number of nitrogens with two attached hydrogens (primary N) is 1. The summed E-state index contributed by atoms with van der Waals surface area (Å²) in [6.07, 6.45) is -0.641. The van der Waals surface area contributed by atoms with Crippen LogP contribution in [0.1, 0.15) is 18.1 Å². The molecule has 0 aliphatic carbocycles. The molecule has 0 aromatic carbocycles. The van der Waals surface area contributed by atoms with Crippen LogP contribution in [0.25, 0.3) is 4.85 Å². The Morgan fingerprint density at radius 3 is 2.86 bits per heavy atom. The van der Waals surface area contributed by atoms with Crippen LogP contribution < -0.4 is 10.6 Å². The maximum absolute atomic E-state index is 10.7. The maximum atomic E-state index is 10.7. The number of hydrogen-bond acceptors (Lipinski definition) is 5. The summed E-state index contributed by atoms with van der Waals surface area (Å²) in [5.41, 5.74) is 6.09. The van der Waals surface area contributed by atoms with Crippen molar-refractivity contribution in [1.29, 1.82) is 5.26 Å². The molecule has 0 radical (unpaired) electrons. The molecule has 0 saturated carbocycles. The number of aromatic nitrogens is 1. The molecule has 7 nitrogen and oxygen atoms in total. The predicted octanol–water partition coefficient (Wildman–Crippen LogP) is 2.00. The van der Waals surface area contributed by atoms with Crippen molar-refractivity contribution in [1.82, 2.24) is 4.98 Å². The molecular formula is C13H12ClN5O2. The first-order valence-corrected chi connectivity index (χ1v) is 6.60. The highest BCUT2D eigenvalue weighted by molar-refractivity contribution is 6.31. The van der Waals surface area contributed by atoms with Crippen LogP contribution in [0.4, 0.5) is 16.3 Å². The van der Waals surface area contributed by atoms with E-state index in [9.17, 15) is 4.79 Å². The van der Waals surface area contributed by atoms with Crippen LogP contribution >= 0.6 is 11.6 Å². The third-order valence-electron chi connectivity index (χ3n) is 3.22. The Bertz CT molecular complexity index is 671. The second-order valence-corrected chi connectivity index (χ2v) is 4.83. The van der Waals surface area contributed by atoms with Crippen LogP contribution in [0.15, 0.2) is 0 Å². The van der Waals surface area contributed by atoms with Crippen molar-refractivity contribution in [2.24, 2.45) is 5.73 Å². The number of carbonyl (C=O) groups is 1. The topological polar surface area (TPSA) is 96.6 Å². The van der Waals surface area contributed by atoms with Gasteiger partial charge in [0, 0.05) is 0 Å². The average Bonchev–Trinajstić information content (AvgIpc) is 2.40. The summed E-state index contributed by atoms with van der Waals surface area (Å²) in [5, 5.41) is 9.21. The van der Waals surface area contributed by atoms with E-state index in [0.29, 0.717) is 36.6 Å². The monoisotopic (exact) mass is 305 g/mol. The second-order valence-electron chi connectivity index (χ2n) is 4.47. The Hall–Kier alpha value is -2.51. The number of nitriles is 1. The number of ether oxygens (including phenoxy) is 1. The molecule has 0 bridgehead atoms. The number of nitrogens with zero attached hydrogens (tertiary/aromatic N) is 4. The van der Waals surface area contributed by atoms with Gasteiger partial charge in [0.05, 0.1) is 25.2 Å². The zero-order valence-electron chi connectivity index (χ0n) is 11.3. The highest BCUT2D eigenvalue weighted by atomic mass is 35.5. The van der Waals surface area contributed by atoms with Crippen LogP contribution in [-0.2, 0) is 11.2 Å². The molecule has 108 valence electrons. The van der Waals surface area contributed by atoms with Crippen molar-refractivity contribution < 1.29 is 9.53 Å². The lowest BCUT2D eigenvalue weighted by Gasteiger charge is -2.39. The number of pyridine rings is 1. The van der Waals surface area contributed by atoms with E-state index in [1.807, 2.05) is 13.0 Å². The van der Waals surface area contributed by atoms with Crippen molar-refractivity contribution in [3.63, 3.8) is 0 Å². The Labute approximate surface area is 126 Å². The Balaban J connectivity index is 2.34. The van der Waals surface area contributed by atoms with Gasteiger partial charge in [-0.25, -0.2) is 14.6 Å². The van der Waals surface area contributed by atoms with Crippen molar-refractivity contribution >= 4 is 29.2 Å². The molecule has 1 aliphatic heterocycles. The summed E-state index contributed by atoms with van der Waals surface area (Å²) >= 11 is 6.02. The number of anilines is 1. The summed E-state index contributed by atoms with van der Waals surface area (Å²) in [4.78, 5) is 20.1. The van der Waals surface area contributed by atoms with E-state index < -0.39 is 6.09 Å². The molecule has 2 N–H and O–H groups in total. The summed E-state index contributed by atoms with van der Waals surface area (Å²) < 4.78 is 4.85. The standard InChI is InChI=1S/C13H12ClN5O2/c1-3-8-9(4-15)11(14)18-12(10(8)17-2)19-5-7(6-19)21-13(16)20/h7H,3,5-6H2,1H3,(H2,16,20). The summed E-state index contributed by atoms with van der Waals surface area (Å²) in [7, 11) is 0. The lowest BCUT2D eigenvalue weighted by Crippen LogP contribution is -2.54. The van der Waals surface area contributed by atoms with Crippen LogP contribution in [0.2, 0.25) is 5.15 Å². The minimum absolute atomic E-state index is 0.0796. The SMILES string of the molecule is [C-]#[N+]c1c(N2CC(OC(N)=O)C2)nc(Cl)c(C#N)c1CC. The zero-order chi connectivity index (χ0) is 15.6. The largest absolute Gasteiger partial charge is 0.443 e. The number of amides is 1. The number of primary amides is 1. The quantitative estimate of drug-likeness (QED) is 0.680. The van der Waals surface area contributed by atoms with E-state index in [0.717, 1.165) is 0 Å². The fourth-order valence-electron chi connectivity index (χ4n) is 2.23. The Morgan fingerprint density at radius 1 is 1.71 bits per heavy atom. The highest BCUT2D eigenvalue weighted by Gasteiger charge is 2.33. The first-order chi connectivity index (χ1) is 10.0. The van der Waals surface area contributed by atoms with E-state index in [-0.39, 0.29) is 16.8 Å². The molecule has 0 spiro atoms. The fraction of sp³-hybridized carbons (Fsp3) is 0.385. The molecule has 21 heavy (non-hydrogen) atoms. The van der Waals surface area contributed by atoms with Gasteiger partial charge in [0.25, 0.3) is 0 Å². The normalized spacial score (nSPS) is 14.0. The zero-order valence-corrected chi connectivity index (χ0v) is 12.0. The number of rotatable bonds is 3. The third kappa shape index (κ3) is 2.69. The molecule has 1 fully saturated rings. The van der Waals surface area contributed by atoms with Gasteiger partial charge in [-0.3, -0.25) is 0 Å². The van der Waals surface area contributed by atoms with Gasteiger partial charge in [0.15, 0.2) is 0 Å². The predicted molar refractivity (Wildman–Crippen MR) is 76.3 cm³/mol. The first kappa shape index (κ1) is 14.9. The summed E-state index contributed by atoms with van der Waals surface area (Å²) in [5.74, 6) is 0.412. The lowest BCUT2D eigenvalue weighted by molar-refractivity contribution is 0.0887. The van der Waals surface area contributed by atoms with Crippen LogP contribution in [-0.4, -0.2) is 30.3 Å². The number of hydrogen-bond donors (Lipinski definition) is 1. The Morgan fingerprint density at radius 2 is 2.38 bits per heavy atom. The number of carbonyl (C=O) groups excluding carboxylic acids is 1. The van der Waals surface area contributed by atoms with E-state index in [1.165, 1.54) is 0 Å². The third-order valence-corrected chi connectivity index (χ3v) is 3.49. The van der Waals surface area contributed by atoms with E-state index in [2.05, 4.69) is 9.83 Å². The number of halogens is 1. The van der Waals surface area contributed by atoms with Gasteiger partial charge < -0.3 is 15.4 Å². The molecule has 0 atom stereocenters. The van der Waals surface area contributed by atoms with Crippen molar-refractivity contribution in [3.05, 3.63) is 27.7 Å². The molecule has 1 saturated heterocycles. The van der Waals surface area contributed by atoms with Gasteiger partial charge >= 0.3 is 6.09 Å². The first-order valence-electron chi connectivity index (χ1n) is 6.22. The average molecular weight is 306 g/mol. The van der Waals surface area contributed by atoms with Gasteiger partial charge in [-0.15, -0.1) is 0 Å². The van der Waals surface area contributed by atoms with Gasteiger partial charge in [-0.2, -0.15) is 5.26 Å². The summed E-state index contributed by atoms with van der Waals surface area (Å²) in [6.45, 7) is 9.96. The lowest BCUT2D eigenvalue weighted by atomic mass is 10.0. The van der Waals surface area contributed by atoms with Crippen LogP contribution in [0.3, 0.4) is 0 Å². The molecule has 2 heterocycles. The van der Waals surface area contributed by atoms with Gasteiger partial charge in [-0.05, 0) is 12.0 Å². The highest BCUT2D eigenvalue weighted by Crippen LogP contribution is 2.38. The van der Waals surface area contributed by atoms with E-state index in [4.69, 9.17) is 33.9 Å². The molecule has 1 aliphatic rings.